The Labute approximate surface area is 174 Å². The molecule has 0 amide bonds. The van der Waals surface area contributed by atoms with Crippen LogP contribution < -0.4 is 10.5 Å². The molecular formula is C23H22N6O. The van der Waals surface area contributed by atoms with Crippen molar-refractivity contribution in [2.24, 2.45) is 0 Å². The lowest BCUT2D eigenvalue weighted by atomic mass is 10.1. The van der Waals surface area contributed by atoms with Crippen molar-refractivity contribution in [1.29, 1.82) is 5.26 Å². The first-order valence-corrected chi connectivity index (χ1v) is 10.4. The van der Waals surface area contributed by atoms with E-state index < -0.39 is 0 Å². The van der Waals surface area contributed by atoms with E-state index in [0.29, 0.717) is 12.1 Å². The standard InChI is InChI=1S/C23H22N6O/c24-13-18-12-16-4-1-7-20(16)26-23(18)28-11-3-6-19(28)15-29-22(30)9-8-21(27-29)17-5-2-10-25-14-17/h2,5,8-10,12,14,19H,1,3-4,6-7,11,15H2. The van der Waals surface area contributed by atoms with Gasteiger partial charge >= 0.3 is 0 Å². The summed E-state index contributed by atoms with van der Waals surface area (Å²) in [5.41, 5.74) is 4.42. The van der Waals surface area contributed by atoms with Crippen LogP contribution in [0, 0.1) is 11.3 Å². The van der Waals surface area contributed by atoms with E-state index in [1.807, 2.05) is 18.2 Å². The van der Waals surface area contributed by atoms with Crippen LogP contribution in [0.5, 0.6) is 0 Å². The Balaban J connectivity index is 1.46. The lowest BCUT2D eigenvalue weighted by molar-refractivity contribution is 0.488. The molecule has 0 N–H and O–H groups in total. The van der Waals surface area contributed by atoms with Crippen molar-refractivity contribution in [3.8, 4) is 17.3 Å². The lowest BCUT2D eigenvalue weighted by Gasteiger charge is -2.27. The lowest BCUT2D eigenvalue weighted by Crippen LogP contribution is -2.38. The van der Waals surface area contributed by atoms with Crippen molar-refractivity contribution in [1.82, 2.24) is 19.7 Å². The van der Waals surface area contributed by atoms with Crippen LogP contribution in [-0.2, 0) is 19.4 Å². The monoisotopic (exact) mass is 398 g/mol. The topological polar surface area (TPSA) is 87.7 Å². The van der Waals surface area contributed by atoms with Crippen molar-refractivity contribution in [2.45, 2.75) is 44.7 Å². The van der Waals surface area contributed by atoms with Gasteiger partial charge in [0.25, 0.3) is 5.56 Å². The normalized spacial score (nSPS) is 17.7. The Kier molecular flexibility index (Phi) is 4.75. The van der Waals surface area contributed by atoms with E-state index in [9.17, 15) is 10.1 Å². The average Bonchev–Trinajstić information content (AvgIpc) is 3.43. The van der Waals surface area contributed by atoms with Gasteiger partial charge in [0.15, 0.2) is 0 Å². The van der Waals surface area contributed by atoms with Crippen LogP contribution in [-0.4, -0.2) is 32.3 Å². The highest BCUT2D eigenvalue weighted by atomic mass is 16.1. The van der Waals surface area contributed by atoms with Crippen LogP contribution in [0.1, 0.15) is 36.1 Å². The van der Waals surface area contributed by atoms with Crippen molar-refractivity contribution in [3.05, 3.63) is 69.9 Å². The van der Waals surface area contributed by atoms with E-state index in [-0.39, 0.29) is 11.6 Å². The van der Waals surface area contributed by atoms with Gasteiger partial charge in [0.05, 0.1) is 23.8 Å². The average molecular weight is 398 g/mol. The number of hydrogen-bond acceptors (Lipinski definition) is 6. The van der Waals surface area contributed by atoms with Crippen LogP contribution >= 0.6 is 0 Å². The maximum absolute atomic E-state index is 12.5. The summed E-state index contributed by atoms with van der Waals surface area (Å²) in [5.74, 6) is 0.761. The summed E-state index contributed by atoms with van der Waals surface area (Å²) in [6.45, 7) is 1.30. The van der Waals surface area contributed by atoms with Gasteiger partial charge in [-0.05, 0) is 61.9 Å². The maximum atomic E-state index is 12.5. The zero-order valence-electron chi connectivity index (χ0n) is 16.7. The minimum Gasteiger partial charge on any atom is -0.351 e. The van der Waals surface area contributed by atoms with Gasteiger partial charge in [0.1, 0.15) is 11.9 Å². The SMILES string of the molecule is N#Cc1cc2c(nc1N1CCCC1Cn1nc(-c3cccnc3)ccc1=O)CCC2. The summed E-state index contributed by atoms with van der Waals surface area (Å²) < 4.78 is 1.53. The quantitative estimate of drug-likeness (QED) is 0.672. The molecule has 0 radical (unpaired) electrons. The maximum Gasteiger partial charge on any atom is 0.266 e. The van der Waals surface area contributed by atoms with Gasteiger partial charge in [-0.25, -0.2) is 9.67 Å². The summed E-state index contributed by atoms with van der Waals surface area (Å²) in [4.78, 5) is 23.7. The third kappa shape index (κ3) is 3.35. The Morgan fingerprint density at radius 2 is 2.13 bits per heavy atom. The summed E-state index contributed by atoms with van der Waals surface area (Å²) in [6.07, 6.45) is 8.47. The minimum atomic E-state index is -0.128. The van der Waals surface area contributed by atoms with E-state index in [0.717, 1.165) is 61.4 Å². The Morgan fingerprint density at radius 1 is 1.20 bits per heavy atom. The fourth-order valence-electron chi connectivity index (χ4n) is 4.51. The predicted octanol–water partition coefficient (Wildman–Crippen LogP) is 2.73. The molecule has 0 spiro atoms. The third-order valence-electron chi connectivity index (χ3n) is 6.01. The molecule has 0 bridgehead atoms. The Bertz CT molecular complexity index is 1180. The molecule has 150 valence electrons. The van der Waals surface area contributed by atoms with E-state index >= 15 is 0 Å². The fourth-order valence-corrected chi connectivity index (χ4v) is 4.51. The number of nitrogens with zero attached hydrogens (tertiary/aromatic N) is 6. The van der Waals surface area contributed by atoms with Crippen molar-refractivity contribution in [3.63, 3.8) is 0 Å². The third-order valence-corrected chi connectivity index (χ3v) is 6.01. The highest BCUT2D eigenvalue weighted by molar-refractivity contribution is 5.58. The molecule has 1 aliphatic heterocycles. The molecule has 2 aliphatic rings. The molecule has 4 heterocycles. The van der Waals surface area contributed by atoms with Gasteiger partial charge in [-0.15, -0.1) is 0 Å². The molecule has 7 nitrogen and oxygen atoms in total. The second-order valence-electron chi connectivity index (χ2n) is 7.90. The van der Waals surface area contributed by atoms with E-state index in [1.54, 1.807) is 24.5 Å². The molecule has 7 heteroatoms. The first-order valence-electron chi connectivity index (χ1n) is 10.4. The highest BCUT2D eigenvalue weighted by Crippen LogP contribution is 2.31. The molecule has 1 unspecified atom stereocenters. The summed E-state index contributed by atoms with van der Waals surface area (Å²) in [6, 6.07) is 11.5. The summed E-state index contributed by atoms with van der Waals surface area (Å²) in [7, 11) is 0. The van der Waals surface area contributed by atoms with E-state index in [2.05, 4.69) is 21.1 Å². The van der Waals surface area contributed by atoms with Crippen LogP contribution in [0.3, 0.4) is 0 Å². The molecule has 0 aromatic carbocycles. The van der Waals surface area contributed by atoms with Gasteiger partial charge in [-0.1, -0.05) is 0 Å². The van der Waals surface area contributed by atoms with Crippen molar-refractivity contribution >= 4 is 5.82 Å². The molecule has 0 saturated carbocycles. The highest BCUT2D eigenvalue weighted by Gasteiger charge is 2.30. The molecule has 5 rings (SSSR count). The number of rotatable bonds is 4. The van der Waals surface area contributed by atoms with Crippen LogP contribution in [0.15, 0.2) is 47.5 Å². The molecule has 3 aromatic heterocycles. The molecule has 3 aromatic rings. The molecule has 1 aliphatic carbocycles. The summed E-state index contributed by atoms with van der Waals surface area (Å²) >= 11 is 0. The molecule has 1 atom stereocenters. The number of hydrogen-bond donors (Lipinski definition) is 0. The molecule has 1 fully saturated rings. The van der Waals surface area contributed by atoms with Crippen LogP contribution in [0.4, 0.5) is 5.82 Å². The smallest absolute Gasteiger partial charge is 0.266 e. The minimum absolute atomic E-state index is 0.0819. The predicted molar refractivity (Wildman–Crippen MR) is 113 cm³/mol. The van der Waals surface area contributed by atoms with Gasteiger partial charge in [-0.2, -0.15) is 10.4 Å². The van der Waals surface area contributed by atoms with Crippen molar-refractivity contribution < 1.29 is 0 Å². The second kappa shape index (κ2) is 7.71. The number of pyridine rings is 2. The largest absolute Gasteiger partial charge is 0.351 e. The zero-order chi connectivity index (χ0) is 20.5. The summed E-state index contributed by atoms with van der Waals surface area (Å²) in [5, 5.41) is 14.3. The number of aromatic nitrogens is 4. The first kappa shape index (κ1) is 18.5. The number of aryl methyl sites for hydroxylation is 2. The Morgan fingerprint density at radius 3 is 2.97 bits per heavy atom. The van der Waals surface area contributed by atoms with Gasteiger partial charge in [0, 0.05) is 36.3 Å². The fraction of sp³-hybridized carbons (Fsp3) is 0.348. The van der Waals surface area contributed by atoms with Gasteiger partial charge in [-0.3, -0.25) is 9.78 Å². The zero-order valence-corrected chi connectivity index (χ0v) is 16.7. The van der Waals surface area contributed by atoms with Crippen LogP contribution in [0.25, 0.3) is 11.3 Å². The molecule has 1 saturated heterocycles. The number of nitriles is 1. The number of anilines is 1. The molecule has 30 heavy (non-hydrogen) atoms. The van der Waals surface area contributed by atoms with E-state index in [1.165, 1.54) is 10.2 Å². The number of fused-ring (bicyclic) bond motifs is 1. The molecular weight excluding hydrogens is 376 g/mol. The van der Waals surface area contributed by atoms with Gasteiger partial charge in [0.2, 0.25) is 0 Å². The second-order valence-corrected chi connectivity index (χ2v) is 7.90. The van der Waals surface area contributed by atoms with Crippen molar-refractivity contribution in [2.75, 3.05) is 11.4 Å². The Hall–Kier alpha value is -3.53. The van der Waals surface area contributed by atoms with Crippen LogP contribution in [0.2, 0.25) is 0 Å². The van der Waals surface area contributed by atoms with Gasteiger partial charge < -0.3 is 4.90 Å². The van der Waals surface area contributed by atoms with E-state index in [4.69, 9.17) is 4.98 Å². The first-order chi connectivity index (χ1) is 14.7.